The lowest BCUT2D eigenvalue weighted by molar-refractivity contribution is 0.410. The molecule has 112 valence electrons. The molecular weight excluding hydrogens is 258 g/mol. The zero-order valence-electron chi connectivity index (χ0n) is 13.0. The van der Waals surface area contributed by atoms with Crippen molar-refractivity contribution >= 4 is 0 Å². The third kappa shape index (κ3) is 4.33. The van der Waals surface area contributed by atoms with E-state index in [1.165, 1.54) is 12.8 Å². The second-order valence-corrected chi connectivity index (χ2v) is 5.44. The van der Waals surface area contributed by atoms with Gasteiger partial charge in [0.25, 0.3) is 0 Å². The summed E-state index contributed by atoms with van der Waals surface area (Å²) in [6.45, 7) is 2.82. The number of benzene rings is 2. The van der Waals surface area contributed by atoms with E-state index in [4.69, 9.17) is 10.5 Å². The van der Waals surface area contributed by atoms with Crippen LogP contribution < -0.4 is 10.5 Å². The highest BCUT2D eigenvalue weighted by atomic mass is 16.5. The number of hydrogen-bond donors (Lipinski definition) is 1. The molecule has 21 heavy (non-hydrogen) atoms. The van der Waals surface area contributed by atoms with Crippen LogP contribution in [0.25, 0.3) is 0 Å². The van der Waals surface area contributed by atoms with Gasteiger partial charge in [0.05, 0.1) is 7.11 Å². The number of ether oxygens (including phenoxy) is 1. The molecule has 2 nitrogen and oxygen atoms in total. The Labute approximate surface area is 127 Å². The smallest absolute Gasteiger partial charge is 0.123 e. The van der Waals surface area contributed by atoms with E-state index in [0.717, 1.165) is 23.1 Å². The van der Waals surface area contributed by atoms with Gasteiger partial charge < -0.3 is 10.5 Å². The van der Waals surface area contributed by atoms with Crippen LogP contribution in [-0.4, -0.2) is 7.11 Å². The zero-order chi connectivity index (χ0) is 15.1. The van der Waals surface area contributed by atoms with Crippen LogP contribution in [0.3, 0.4) is 0 Å². The van der Waals surface area contributed by atoms with E-state index in [-0.39, 0.29) is 0 Å². The van der Waals surface area contributed by atoms with E-state index >= 15 is 0 Å². The fraction of sp³-hybridized carbons (Fsp3) is 0.368. The quantitative estimate of drug-likeness (QED) is 0.905. The van der Waals surface area contributed by atoms with Crippen LogP contribution in [0, 0.1) is 5.92 Å². The Morgan fingerprint density at radius 1 is 1.05 bits per heavy atom. The van der Waals surface area contributed by atoms with Gasteiger partial charge in [-0.15, -0.1) is 0 Å². The van der Waals surface area contributed by atoms with Crippen molar-refractivity contribution in [2.75, 3.05) is 7.11 Å². The van der Waals surface area contributed by atoms with Crippen LogP contribution in [0.2, 0.25) is 0 Å². The Kier molecular flexibility index (Phi) is 5.82. The molecule has 2 aromatic carbocycles. The van der Waals surface area contributed by atoms with E-state index < -0.39 is 0 Å². The molecule has 1 saturated carbocycles. The largest absolute Gasteiger partial charge is 0.496 e. The SMILES string of the molecule is CCC1CC1c1ccccc1.COc1ccccc1CN. The molecule has 0 heterocycles. The number of hydrogen-bond acceptors (Lipinski definition) is 2. The van der Waals surface area contributed by atoms with Gasteiger partial charge in [-0.3, -0.25) is 0 Å². The average Bonchev–Trinajstić information content (AvgIpc) is 3.36. The summed E-state index contributed by atoms with van der Waals surface area (Å²) in [6.07, 6.45) is 2.76. The van der Waals surface area contributed by atoms with E-state index in [2.05, 4.69) is 37.3 Å². The van der Waals surface area contributed by atoms with Crippen LogP contribution in [0.1, 0.15) is 36.8 Å². The normalized spacial score (nSPS) is 19.4. The Morgan fingerprint density at radius 3 is 2.24 bits per heavy atom. The summed E-state index contributed by atoms with van der Waals surface area (Å²) in [6, 6.07) is 18.6. The predicted molar refractivity (Wildman–Crippen MR) is 88.5 cm³/mol. The molecule has 0 saturated heterocycles. The molecule has 0 spiro atoms. The van der Waals surface area contributed by atoms with Crippen LogP contribution in [0.5, 0.6) is 5.75 Å². The predicted octanol–water partition coefficient (Wildman–Crippen LogP) is 4.35. The second-order valence-electron chi connectivity index (χ2n) is 5.44. The van der Waals surface area contributed by atoms with Crippen molar-refractivity contribution in [3.8, 4) is 5.75 Å². The maximum absolute atomic E-state index is 5.45. The summed E-state index contributed by atoms with van der Waals surface area (Å²) in [4.78, 5) is 0. The Bertz CT molecular complexity index is 515. The molecule has 2 atom stereocenters. The molecule has 0 aromatic heterocycles. The molecule has 2 aromatic rings. The standard InChI is InChI=1S/C11H14.C8H11NO/c1-2-9-8-11(9)10-6-4-3-5-7-10;1-10-8-5-3-2-4-7(8)6-9/h3-7,9,11H,2,8H2,1H3;2-5H,6,9H2,1H3. The molecule has 2 heteroatoms. The van der Waals surface area contributed by atoms with Gasteiger partial charge in [-0.05, 0) is 29.9 Å². The summed E-state index contributed by atoms with van der Waals surface area (Å²) < 4.78 is 5.06. The van der Waals surface area contributed by atoms with Gasteiger partial charge in [0, 0.05) is 12.1 Å². The third-order valence-corrected chi connectivity index (χ3v) is 4.09. The van der Waals surface area contributed by atoms with E-state index in [1.54, 1.807) is 12.7 Å². The lowest BCUT2D eigenvalue weighted by Crippen LogP contribution is -1.98. The summed E-state index contributed by atoms with van der Waals surface area (Å²) in [5.74, 6) is 2.74. The molecule has 0 bridgehead atoms. The van der Waals surface area contributed by atoms with Gasteiger partial charge in [-0.1, -0.05) is 61.9 Å². The van der Waals surface area contributed by atoms with Crippen molar-refractivity contribution in [3.63, 3.8) is 0 Å². The molecule has 0 aliphatic heterocycles. The van der Waals surface area contributed by atoms with Crippen LogP contribution in [0.15, 0.2) is 54.6 Å². The van der Waals surface area contributed by atoms with E-state index in [9.17, 15) is 0 Å². The molecule has 2 N–H and O–H groups in total. The topological polar surface area (TPSA) is 35.2 Å². The Morgan fingerprint density at radius 2 is 1.71 bits per heavy atom. The number of rotatable bonds is 4. The molecule has 0 radical (unpaired) electrons. The first-order valence-corrected chi connectivity index (χ1v) is 7.67. The second kappa shape index (κ2) is 7.84. The van der Waals surface area contributed by atoms with Crippen LogP contribution >= 0.6 is 0 Å². The van der Waals surface area contributed by atoms with Crippen molar-refractivity contribution in [1.29, 1.82) is 0 Å². The van der Waals surface area contributed by atoms with Crippen LogP contribution in [0.4, 0.5) is 0 Å². The van der Waals surface area contributed by atoms with Crippen molar-refractivity contribution in [2.45, 2.75) is 32.2 Å². The number of nitrogens with two attached hydrogens (primary N) is 1. The van der Waals surface area contributed by atoms with Gasteiger partial charge in [0.2, 0.25) is 0 Å². The lowest BCUT2D eigenvalue weighted by Gasteiger charge is -2.03. The molecule has 1 fully saturated rings. The number of methoxy groups -OCH3 is 1. The zero-order valence-corrected chi connectivity index (χ0v) is 13.0. The minimum atomic E-state index is 0.532. The summed E-state index contributed by atoms with van der Waals surface area (Å²) >= 11 is 0. The van der Waals surface area contributed by atoms with Gasteiger partial charge in [-0.2, -0.15) is 0 Å². The highest BCUT2D eigenvalue weighted by Gasteiger charge is 2.35. The van der Waals surface area contributed by atoms with Gasteiger partial charge in [0.15, 0.2) is 0 Å². The van der Waals surface area contributed by atoms with Crippen LogP contribution in [-0.2, 0) is 6.54 Å². The summed E-state index contributed by atoms with van der Waals surface area (Å²) in [5, 5.41) is 0. The van der Waals surface area contributed by atoms with Crippen molar-refractivity contribution in [3.05, 3.63) is 65.7 Å². The summed E-state index contributed by atoms with van der Waals surface area (Å²) in [7, 11) is 1.65. The highest BCUT2D eigenvalue weighted by molar-refractivity contribution is 5.32. The van der Waals surface area contributed by atoms with Crippen molar-refractivity contribution < 1.29 is 4.74 Å². The third-order valence-electron chi connectivity index (χ3n) is 4.09. The highest BCUT2D eigenvalue weighted by Crippen LogP contribution is 2.49. The van der Waals surface area contributed by atoms with Gasteiger partial charge in [-0.25, -0.2) is 0 Å². The molecule has 2 unspecified atom stereocenters. The molecule has 1 aliphatic carbocycles. The molecule has 1 aliphatic rings. The Hall–Kier alpha value is -1.80. The first kappa shape index (κ1) is 15.6. The monoisotopic (exact) mass is 283 g/mol. The van der Waals surface area contributed by atoms with Crippen molar-refractivity contribution in [2.24, 2.45) is 11.7 Å². The molecule has 3 rings (SSSR count). The van der Waals surface area contributed by atoms with Gasteiger partial charge in [0.1, 0.15) is 5.75 Å². The maximum Gasteiger partial charge on any atom is 0.123 e. The molecular formula is C19H25NO. The fourth-order valence-corrected chi connectivity index (χ4v) is 2.68. The number of para-hydroxylation sites is 1. The van der Waals surface area contributed by atoms with E-state index in [0.29, 0.717) is 6.54 Å². The minimum Gasteiger partial charge on any atom is -0.496 e. The fourth-order valence-electron chi connectivity index (χ4n) is 2.68. The maximum atomic E-state index is 5.45. The van der Waals surface area contributed by atoms with Crippen molar-refractivity contribution in [1.82, 2.24) is 0 Å². The van der Waals surface area contributed by atoms with Gasteiger partial charge >= 0.3 is 0 Å². The lowest BCUT2D eigenvalue weighted by atomic mass is 10.1. The minimum absolute atomic E-state index is 0.532. The first-order valence-electron chi connectivity index (χ1n) is 7.67. The Balaban J connectivity index is 0.000000155. The summed E-state index contributed by atoms with van der Waals surface area (Å²) in [5.41, 5.74) is 8.03. The average molecular weight is 283 g/mol. The molecule has 0 amide bonds. The van der Waals surface area contributed by atoms with E-state index in [1.807, 2.05) is 24.3 Å². The first-order chi connectivity index (χ1) is 10.3.